The van der Waals surface area contributed by atoms with Crippen LogP contribution in [0.2, 0.25) is 0 Å². The van der Waals surface area contributed by atoms with Crippen LogP contribution in [0.15, 0.2) is 54.6 Å². The fourth-order valence-corrected chi connectivity index (χ4v) is 3.43. The smallest absolute Gasteiger partial charge is 0.0542 e. The summed E-state index contributed by atoms with van der Waals surface area (Å²) in [5.74, 6) is 0.752. The third-order valence-electron chi connectivity index (χ3n) is 4.65. The van der Waals surface area contributed by atoms with Gasteiger partial charge in [-0.15, -0.1) is 0 Å². The maximum Gasteiger partial charge on any atom is 0.0542 e. The molecule has 1 N–H and O–H groups in total. The van der Waals surface area contributed by atoms with Crippen molar-refractivity contribution in [2.24, 2.45) is 5.92 Å². The first-order valence-corrected chi connectivity index (χ1v) is 8.21. The van der Waals surface area contributed by atoms with Gasteiger partial charge < -0.3 is 5.32 Å². The van der Waals surface area contributed by atoms with Crippen LogP contribution in [0.4, 0.5) is 5.69 Å². The van der Waals surface area contributed by atoms with Crippen molar-refractivity contribution in [3.8, 4) is 0 Å². The molecule has 0 spiro atoms. The SMILES string of the molecule is Cc1ccc(C(Nc2ccccc2)C2CCCCC2)cc1. The van der Waals surface area contributed by atoms with E-state index in [9.17, 15) is 0 Å². The highest BCUT2D eigenvalue weighted by atomic mass is 14.9. The molecule has 1 unspecified atom stereocenters. The Hall–Kier alpha value is -1.76. The first kappa shape index (κ1) is 14.2. The third-order valence-corrected chi connectivity index (χ3v) is 4.65. The molecular weight excluding hydrogens is 254 g/mol. The van der Waals surface area contributed by atoms with E-state index in [-0.39, 0.29) is 0 Å². The Kier molecular flexibility index (Phi) is 4.59. The number of benzene rings is 2. The zero-order chi connectivity index (χ0) is 14.5. The molecule has 1 fully saturated rings. The normalized spacial score (nSPS) is 17.4. The van der Waals surface area contributed by atoms with Gasteiger partial charge in [-0.3, -0.25) is 0 Å². The van der Waals surface area contributed by atoms with Crippen LogP contribution >= 0.6 is 0 Å². The van der Waals surface area contributed by atoms with E-state index >= 15 is 0 Å². The molecule has 1 aliphatic rings. The van der Waals surface area contributed by atoms with E-state index in [1.54, 1.807) is 0 Å². The Bertz CT molecular complexity index is 538. The van der Waals surface area contributed by atoms with Crippen molar-refractivity contribution in [3.63, 3.8) is 0 Å². The van der Waals surface area contributed by atoms with Crippen molar-refractivity contribution < 1.29 is 0 Å². The Labute approximate surface area is 128 Å². The van der Waals surface area contributed by atoms with Crippen molar-refractivity contribution in [2.45, 2.75) is 45.1 Å². The summed E-state index contributed by atoms with van der Waals surface area (Å²) in [5.41, 5.74) is 3.99. The molecule has 1 nitrogen and oxygen atoms in total. The van der Waals surface area contributed by atoms with Gasteiger partial charge in [-0.2, -0.15) is 0 Å². The summed E-state index contributed by atoms with van der Waals surface area (Å²) < 4.78 is 0. The minimum atomic E-state index is 0.438. The Morgan fingerprint density at radius 2 is 1.52 bits per heavy atom. The van der Waals surface area contributed by atoms with Crippen molar-refractivity contribution in [1.29, 1.82) is 0 Å². The van der Waals surface area contributed by atoms with Crippen LogP contribution in [0.1, 0.15) is 49.3 Å². The highest BCUT2D eigenvalue weighted by Crippen LogP contribution is 2.36. The lowest BCUT2D eigenvalue weighted by molar-refractivity contribution is 0.321. The molecule has 1 aliphatic carbocycles. The van der Waals surface area contributed by atoms with E-state index in [1.165, 1.54) is 48.9 Å². The lowest BCUT2D eigenvalue weighted by Gasteiger charge is -2.32. The van der Waals surface area contributed by atoms with E-state index in [2.05, 4.69) is 66.8 Å². The van der Waals surface area contributed by atoms with Crippen LogP contribution in [-0.4, -0.2) is 0 Å². The predicted molar refractivity (Wildman–Crippen MR) is 90.6 cm³/mol. The summed E-state index contributed by atoms with van der Waals surface area (Å²) in [6, 6.07) is 20.1. The number of hydrogen-bond acceptors (Lipinski definition) is 1. The zero-order valence-corrected chi connectivity index (χ0v) is 12.9. The highest BCUT2D eigenvalue weighted by Gasteiger charge is 2.24. The molecule has 21 heavy (non-hydrogen) atoms. The lowest BCUT2D eigenvalue weighted by Crippen LogP contribution is -2.23. The van der Waals surface area contributed by atoms with E-state index in [4.69, 9.17) is 0 Å². The second kappa shape index (κ2) is 6.80. The second-order valence-electron chi connectivity index (χ2n) is 6.30. The van der Waals surface area contributed by atoms with Crippen LogP contribution in [-0.2, 0) is 0 Å². The number of para-hydroxylation sites is 1. The molecule has 0 radical (unpaired) electrons. The Morgan fingerprint density at radius 1 is 0.857 bits per heavy atom. The summed E-state index contributed by atoms with van der Waals surface area (Å²) in [7, 11) is 0. The van der Waals surface area contributed by atoms with Gasteiger partial charge in [0.25, 0.3) is 0 Å². The molecule has 3 rings (SSSR count). The summed E-state index contributed by atoms with van der Waals surface area (Å²) in [5, 5.41) is 3.78. The molecule has 2 aromatic rings. The van der Waals surface area contributed by atoms with Crippen LogP contribution in [0, 0.1) is 12.8 Å². The summed E-state index contributed by atoms with van der Waals surface area (Å²) in [6.45, 7) is 2.16. The molecule has 2 aromatic carbocycles. The topological polar surface area (TPSA) is 12.0 Å². The molecule has 1 heteroatoms. The van der Waals surface area contributed by atoms with Gasteiger partial charge in [-0.1, -0.05) is 67.3 Å². The molecule has 1 atom stereocenters. The van der Waals surface area contributed by atoms with E-state index < -0.39 is 0 Å². The third kappa shape index (κ3) is 3.66. The fourth-order valence-electron chi connectivity index (χ4n) is 3.43. The van der Waals surface area contributed by atoms with Gasteiger partial charge in [0.2, 0.25) is 0 Å². The van der Waals surface area contributed by atoms with E-state index in [1.807, 2.05) is 0 Å². The quantitative estimate of drug-likeness (QED) is 0.753. The maximum atomic E-state index is 3.78. The molecule has 0 heterocycles. The minimum Gasteiger partial charge on any atom is -0.378 e. The first-order chi connectivity index (χ1) is 10.3. The van der Waals surface area contributed by atoms with Crippen molar-refractivity contribution in [2.75, 3.05) is 5.32 Å². The Balaban J connectivity index is 1.84. The summed E-state index contributed by atoms with van der Waals surface area (Å²) in [6.07, 6.45) is 6.85. The number of anilines is 1. The Morgan fingerprint density at radius 3 is 2.19 bits per heavy atom. The van der Waals surface area contributed by atoms with Gasteiger partial charge in [-0.05, 0) is 43.4 Å². The molecule has 0 amide bonds. The molecule has 1 saturated carbocycles. The van der Waals surface area contributed by atoms with Gasteiger partial charge in [0, 0.05) is 5.69 Å². The summed E-state index contributed by atoms with van der Waals surface area (Å²) in [4.78, 5) is 0. The number of hydrogen-bond donors (Lipinski definition) is 1. The molecule has 0 aliphatic heterocycles. The minimum absolute atomic E-state index is 0.438. The van der Waals surface area contributed by atoms with Crippen LogP contribution in [0.25, 0.3) is 0 Å². The molecule has 0 aromatic heterocycles. The maximum absolute atomic E-state index is 3.78. The van der Waals surface area contributed by atoms with Crippen molar-refractivity contribution >= 4 is 5.69 Å². The van der Waals surface area contributed by atoms with Crippen molar-refractivity contribution in [1.82, 2.24) is 0 Å². The van der Waals surface area contributed by atoms with Crippen LogP contribution in [0.5, 0.6) is 0 Å². The largest absolute Gasteiger partial charge is 0.378 e. The van der Waals surface area contributed by atoms with Gasteiger partial charge >= 0.3 is 0 Å². The van der Waals surface area contributed by atoms with Crippen LogP contribution in [0.3, 0.4) is 0 Å². The van der Waals surface area contributed by atoms with Gasteiger partial charge in [-0.25, -0.2) is 0 Å². The summed E-state index contributed by atoms with van der Waals surface area (Å²) >= 11 is 0. The fraction of sp³-hybridized carbons (Fsp3) is 0.400. The van der Waals surface area contributed by atoms with E-state index in [0.717, 1.165) is 5.92 Å². The average molecular weight is 279 g/mol. The van der Waals surface area contributed by atoms with Gasteiger partial charge in [0.1, 0.15) is 0 Å². The average Bonchev–Trinajstić information content (AvgIpc) is 2.55. The number of aryl methyl sites for hydroxylation is 1. The van der Waals surface area contributed by atoms with E-state index in [0.29, 0.717) is 6.04 Å². The monoisotopic (exact) mass is 279 g/mol. The molecule has 110 valence electrons. The standard InChI is InChI=1S/C20H25N/c1-16-12-14-18(15-13-16)20(17-8-4-2-5-9-17)21-19-10-6-3-7-11-19/h3,6-7,10-15,17,20-21H,2,4-5,8-9H2,1H3. The van der Waals surface area contributed by atoms with Crippen LogP contribution < -0.4 is 5.32 Å². The molecule has 0 bridgehead atoms. The number of nitrogens with one attached hydrogen (secondary N) is 1. The van der Waals surface area contributed by atoms with Gasteiger partial charge in [0.05, 0.1) is 6.04 Å². The second-order valence-corrected chi connectivity index (χ2v) is 6.30. The highest BCUT2D eigenvalue weighted by molar-refractivity contribution is 5.45. The van der Waals surface area contributed by atoms with Gasteiger partial charge in [0.15, 0.2) is 0 Å². The lowest BCUT2D eigenvalue weighted by atomic mass is 9.81. The predicted octanol–water partition coefficient (Wildman–Crippen LogP) is 5.73. The number of rotatable bonds is 4. The van der Waals surface area contributed by atoms with Crippen molar-refractivity contribution in [3.05, 3.63) is 65.7 Å². The zero-order valence-electron chi connectivity index (χ0n) is 12.9. The molecule has 0 saturated heterocycles. The molecular formula is C20H25N. The first-order valence-electron chi connectivity index (χ1n) is 8.21.